The van der Waals surface area contributed by atoms with Crippen LogP contribution in [-0.4, -0.2) is 26.7 Å². The third-order valence-corrected chi connectivity index (χ3v) is 7.99. The topological polar surface area (TPSA) is 38.1 Å². The van der Waals surface area contributed by atoms with Gasteiger partial charge in [-0.15, -0.1) is 0 Å². The van der Waals surface area contributed by atoms with E-state index in [4.69, 9.17) is 0 Å². The molecule has 1 aromatic heterocycles. The summed E-state index contributed by atoms with van der Waals surface area (Å²) in [6, 6.07) is 7.49. The van der Waals surface area contributed by atoms with Crippen LogP contribution in [0.5, 0.6) is 0 Å². The molecule has 0 spiro atoms. The second-order valence-electron chi connectivity index (χ2n) is 9.52. The van der Waals surface area contributed by atoms with Crippen molar-refractivity contribution in [1.82, 2.24) is 9.78 Å². The van der Waals surface area contributed by atoms with E-state index in [-0.39, 0.29) is 18.4 Å². The van der Waals surface area contributed by atoms with Gasteiger partial charge < -0.3 is 5.11 Å². The molecule has 0 radical (unpaired) electrons. The van der Waals surface area contributed by atoms with Crippen LogP contribution >= 0.6 is 0 Å². The fraction of sp³-hybridized carbons (Fsp3) is 0.480. The van der Waals surface area contributed by atoms with Gasteiger partial charge in [0.1, 0.15) is 11.3 Å². The Kier molecular flexibility index (Phi) is 5.08. The van der Waals surface area contributed by atoms with Gasteiger partial charge in [-0.1, -0.05) is 6.92 Å². The highest BCUT2D eigenvalue weighted by Crippen LogP contribution is 2.57. The molecule has 3 aromatic rings. The van der Waals surface area contributed by atoms with Crippen LogP contribution in [0, 0.1) is 17.6 Å². The van der Waals surface area contributed by atoms with E-state index in [0.29, 0.717) is 42.3 Å². The molecule has 0 aliphatic heterocycles. The number of halogens is 5. The molecule has 0 unspecified atom stereocenters. The summed E-state index contributed by atoms with van der Waals surface area (Å²) in [6.45, 7) is 1.93. The second-order valence-corrected chi connectivity index (χ2v) is 9.52. The predicted molar refractivity (Wildman–Crippen MR) is 114 cm³/mol. The standard InChI is InChI=1S/C25H25F5N2O/c1-2-23-10-11-24(33,25(28,29)30)13-16(23)4-3-5-19-20(23)12-15-14-31-32(22(15)21(19)27)18-8-6-17(26)7-9-18/h6-9,12,14,16,33H,2-5,10-11,13H2,1H3/t16-,23+,24-/m1/s1. The first-order valence-corrected chi connectivity index (χ1v) is 11.3. The number of alkyl halides is 3. The molecular weight excluding hydrogens is 439 g/mol. The normalized spacial score (nSPS) is 27.8. The third kappa shape index (κ3) is 3.28. The number of nitrogens with zero attached hydrogens (tertiary/aromatic N) is 2. The Morgan fingerprint density at radius 3 is 2.55 bits per heavy atom. The van der Waals surface area contributed by atoms with Crippen molar-refractivity contribution < 1.29 is 27.1 Å². The molecule has 2 aliphatic rings. The zero-order valence-electron chi connectivity index (χ0n) is 18.2. The quantitative estimate of drug-likeness (QED) is 0.447. The summed E-state index contributed by atoms with van der Waals surface area (Å²) in [5.74, 6) is -1.22. The lowest BCUT2D eigenvalue weighted by molar-refractivity contribution is -0.279. The Morgan fingerprint density at radius 2 is 1.88 bits per heavy atom. The number of aliphatic hydroxyl groups is 1. The third-order valence-electron chi connectivity index (χ3n) is 7.99. The Balaban J connectivity index is 1.66. The lowest BCUT2D eigenvalue weighted by Crippen LogP contribution is -2.54. The molecule has 3 nitrogen and oxygen atoms in total. The van der Waals surface area contributed by atoms with Gasteiger partial charge in [-0.2, -0.15) is 18.3 Å². The van der Waals surface area contributed by atoms with Crippen molar-refractivity contribution in [1.29, 1.82) is 0 Å². The summed E-state index contributed by atoms with van der Waals surface area (Å²) in [5.41, 5.74) is -1.25. The summed E-state index contributed by atoms with van der Waals surface area (Å²) in [4.78, 5) is 0. The maximum Gasteiger partial charge on any atom is 0.417 e. The van der Waals surface area contributed by atoms with Crippen molar-refractivity contribution in [3.8, 4) is 5.69 Å². The molecule has 3 atom stereocenters. The maximum absolute atomic E-state index is 16.0. The highest BCUT2D eigenvalue weighted by atomic mass is 19.4. The Bertz CT molecular complexity index is 1200. The van der Waals surface area contributed by atoms with Gasteiger partial charge in [-0.25, -0.2) is 13.5 Å². The molecule has 33 heavy (non-hydrogen) atoms. The van der Waals surface area contributed by atoms with Crippen molar-refractivity contribution in [2.24, 2.45) is 5.92 Å². The molecule has 5 rings (SSSR count). The minimum atomic E-state index is -4.69. The molecule has 1 fully saturated rings. The minimum Gasteiger partial charge on any atom is -0.380 e. The summed E-state index contributed by atoms with van der Waals surface area (Å²) in [5, 5.41) is 15.3. The highest BCUT2D eigenvalue weighted by Gasteiger charge is 2.60. The van der Waals surface area contributed by atoms with E-state index in [1.54, 1.807) is 6.20 Å². The van der Waals surface area contributed by atoms with E-state index in [2.05, 4.69) is 5.10 Å². The van der Waals surface area contributed by atoms with E-state index in [0.717, 1.165) is 5.56 Å². The van der Waals surface area contributed by atoms with Gasteiger partial charge in [0.2, 0.25) is 0 Å². The number of hydrogen-bond acceptors (Lipinski definition) is 2. The Labute approximate surface area is 188 Å². The molecule has 8 heteroatoms. The first kappa shape index (κ1) is 22.3. The lowest BCUT2D eigenvalue weighted by Gasteiger charge is -2.50. The summed E-state index contributed by atoms with van der Waals surface area (Å²) in [7, 11) is 0. The number of aromatic nitrogens is 2. The SMILES string of the molecule is CC[C@]12CC[C@](O)(C(F)(F)F)C[C@H]1CCCc1c2cc2cnn(-c3ccc(F)cc3)c2c1F. The molecule has 2 aromatic carbocycles. The van der Waals surface area contributed by atoms with Crippen LogP contribution in [0.15, 0.2) is 36.5 Å². The van der Waals surface area contributed by atoms with Gasteiger partial charge in [-0.3, -0.25) is 0 Å². The molecule has 0 bridgehead atoms. The largest absolute Gasteiger partial charge is 0.417 e. The van der Waals surface area contributed by atoms with E-state index in [9.17, 15) is 22.7 Å². The van der Waals surface area contributed by atoms with Crippen molar-refractivity contribution in [2.45, 2.75) is 69.1 Å². The molecule has 2 aliphatic carbocycles. The minimum absolute atomic E-state index is 0.147. The zero-order valence-corrected chi connectivity index (χ0v) is 18.2. The summed E-state index contributed by atoms with van der Waals surface area (Å²) < 4.78 is 71.7. The van der Waals surface area contributed by atoms with Crippen LogP contribution in [0.4, 0.5) is 22.0 Å². The molecule has 1 heterocycles. The first-order chi connectivity index (χ1) is 15.6. The van der Waals surface area contributed by atoms with Crippen molar-refractivity contribution in [2.75, 3.05) is 0 Å². The average molecular weight is 464 g/mol. The van der Waals surface area contributed by atoms with E-state index >= 15 is 4.39 Å². The number of fused-ring (bicyclic) bond motifs is 4. The molecule has 1 N–H and O–H groups in total. The molecule has 176 valence electrons. The van der Waals surface area contributed by atoms with E-state index in [1.807, 2.05) is 13.0 Å². The van der Waals surface area contributed by atoms with Crippen LogP contribution in [0.2, 0.25) is 0 Å². The van der Waals surface area contributed by atoms with Crippen LogP contribution in [0.1, 0.15) is 56.6 Å². The van der Waals surface area contributed by atoms with E-state index in [1.165, 1.54) is 28.9 Å². The fourth-order valence-electron chi connectivity index (χ4n) is 6.17. The van der Waals surface area contributed by atoms with Crippen LogP contribution in [0.25, 0.3) is 16.6 Å². The number of hydrogen-bond donors (Lipinski definition) is 1. The molecular formula is C25H25F5N2O. The average Bonchev–Trinajstić information content (AvgIpc) is 3.12. The van der Waals surface area contributed by atoms with Crippen molar-refractivity contribution in [3.63, 3.8) is 0 Å². The van der Waals surface area contributed by atoms with Gasteiger partial charge in [0.15, 0.2) is 11.4 Å². The van der Waals surface area contributed by atoms with Crippen LogP contribution < -0.4 is 0 Å². The number of benzene rings is 2. The van der Waals surface area contributed by atoms with E-state index < -0.39 is 41.2 Å². The second kappa shape index (κ2) is 7.52. The summed E-state index contributed by atoms with van der Waals surface area (Å²) >= 11 is 0. The highest BCUT2D eigenvalue weighted by molar-refractivity contribution is 5.83. The predicted octanol–water partition coefficient (Wildman–Crippen LogP) is 6.38. The van der Waals surface area contributed by atoms with Gasteiger partial charge >= 0.3 is 6.18 Å². The summed E-state index contributed by atoms with van der Waals surface area (Å²) in [6.07, 6.45) is -1.74. The molecule has 1 saturated carbocycles. The van der Waals surface area contributed by atoms with Gasteiger partial charge in [-0.05, 0) is 97.7 Å². The van der Waals surface area contributed by atoms with Crippen LogP contribution in [0.3, 0.4) is 0 Å². The van der Waals surface area contributed by atoms with Crippen molar-refractivity contribution in [3.05, 3.63) is 59.3 Å². The lowest BCUT2D eigenvalue weighted by atomic mass is 9.56. The van der Waals surface area contributed by atoms with Gasteiger partial charge in [0.05, 0.1) is 11.9 Å². The van der Waals surface area contributed by atoms with Gasteiger partial charge in [0.25, 0.3) is 0 Å². The number of rotatable bonds is 2. The smallest absolute Gasteiger partial charge is 0.380 e. The Morgan fingerprint density at radius 1 is 1.15 bits per heavy atom. The van der Waals surface area contributed by atoms with Gasteiger partial charge in [0, 0.05) is 5.39 Å². The Hall–Kier alpha value is -2.48. The fourth-order valence-corrected chi connectivity index (χ4v) is 6.17. The van der Waals surface area contributed by atoms with Crippen LogP contribution in [-0.2, 0) is 11.8 Å². The molecule has 0 saturated heterocycles. The monoisotopic (exact) mass is 464 g/mol. The van der Waals surface area contributed by atoms with Crippen molar-refractivity contribution >= 4 is 10.9 Å². The molecule has 0 amide bonds. The first-order valence-electron chi connectivity index (χ1n) is 11.3. The zero-order chi connectivity index (χ0) is 23.6. The maximum atomic E-state index is 16.0.